The molecule has 7 aromatic rings. The molecule has 0 saturated carbocycles. The van der Waals surface area contributed by atoms with Crippen LogP contribution >= 0.6 is 0 Å². The summed E-state index contributed by atoms with van der Waals surface area (Å²) < 4.78 is 42.8. The van der Waals surface area contributed by atoms with Crippen LogP contribution in [0.2, 0.25) is 0 Å². The average molecular weight is 1940 g/mol. The number of anilines is 2. The van der Waals surface area contributed by atoms with Gasteiger partial charge in [-0.05, 0) is 157 Å². The van der Waals surface area contributed by atoms with Crippen LogP contribution < -0.4 is 39.1 Å². The zero-order chi connectivity index (χ0) is 101. The van der Waals surface area contributed by atoms with Gasteiger partial charge in [-0.3, -0.25) is 9.59 Å². The molecule has 2 amide bonds. The third-order valence-electron chi connectivity index (χ3n) is 28.1. The van der Waals surface area contributed by atoms with Gasteiger partial charge in [-0.2, -0.15) is 0 Å². The lowest BCUT2D eigenvalue weighted by Gasteiger charge is -2.19. The molecule has 0 aliphatic heterocycles. The number of amides is 2. The van der Waals surface area contributed by atoms with Crippen LogP contribution in [0, 0.1) is 0 Å². The van der Waals surface area contributed by atoms with Gasteiger partial charge in [0.05, 0.1) is 39.6 Å². The first-order chi connectivity index (χ1) is 69.4. The summed E-state index contributed by atoms with van der Waals surface area (Å²) in [5.74, 6) is 4.61. The lowest BCUT2D eigenvalue weighted by molar-refractivity contribution is 0.101. The van der Waals surface area contributed by atoms with Crippen molar-refractivity contribution in [2.75, 3.05) is 50.3 Å². The molecule has 0 unspecified atom stereocenters. The van der Waals surface area contributed by atoms with E-state index in [1.807, 2.05) is 48.5 Å². The molecule has 142 heavy (non-hydrogen) atoms. The first kappa shape index (κ1) is 120. The molecule has 0 atom stereocenters. The molecule has 0 aliphatic rings. The van der Waals surface area contributed by atoms with Crippen LogP contribution in [-0.4, -0.2) is 51.5 Å². The van der Waals surface area contributed by atoms with Crippen LogP contribution in [0.1, 0.15) is 545 Å². The molecule has 2 N–H and O–H groups in total. The first-order valence-electron chi connectivity index (χ1n) is 58.5. The lowest BCUT2D eigenvalue weighted by atomic mass is 9.86. The highest BCUT2D eigenvalue weighted by molar-refractivity contribution is 6.05. The molecule has 0 heterocycles. The summed E-state index contributed by atoms with van der Waals surface area (Å²) in [6, 6.07) is 45.5. The van der Waals surface area contributed by atoms with Crippen molar-refractivity contribution in [3.8, 4) is 34.5 Å². The van der Waals surface area contributed by atoms with Gasteiger partial charge in [0.1, 0.15) is 34.5 Å². The highest BCUT2D eigenvalue weighted by atomic mass is 16.5. The van der Waals surface area contributed by atoms with E-state index in [1.165, 1.54) is 319 Å². The summed E-state index contributed by atoms with van der Waals surface area (Å²) in [6.45, 7) is 30.5. The summed E-state index contributed by atoms with van der Waals surface area (Å²) >= 11 is 0. The minimum atomic E-state index is -0.129. The highest BCUT2D eigenvalue weighted by Gasteiger charge is 2.21. The van der Waals surface area contributed by atoms with E-state index >= 15 is 0 Å². The summed E-state index contributed by atoms with van der Waals surface area (Å²) in [5, 5.41) is 6.30. The summed E-state index contributed by atoms with van der Waals surface area (Å²) in [7, 11) is 0. The number of carbonyl (C=O) groups is 2. The lowest BCUT2D eigenvalue weighted by Crippen LogP contribution is -2.14. The van der Waals surface area contributed by atoms with Crippen LogP contribution in [0.25, 0.3) is 48.6 Å². The highest BCUT2D eigenvalue weighted by Crippen LogP contribution is 2.40. The van der Waals surface area contributed by atoms with Gasteiger partial charge < -0.3 is 39.1 Å². The minimum Gasteiger partial charge on any atom is -0.493 e. The average Bonchev–Trinajstić information content (AvgIpc) is 0.798. The Morgan fingerprint density at radius 2 is 0.359 bits per heavy atom. The summed E-state index contributed by atoms with van der Waals surface area (Å²) in [4.78, 5) is 27.3. The van der Waals surface area contributed by atoms with E-state index < -0.39 is 0 Å². The second-order valence-corrected chi connectivity index (χ2v) is 43.1. The van der Waals surface area contributed by atoms with Crippen LogP contribution in [0.5, 0.6) is 34.5 Å². The van der Waals surface area contributed by atoms with E-state index in [9.17, 15) is 9.59 Å². The number of nitrogens with one attached hydrogen (secondary N) is 2. The number of carbonyl (C=O) groups excluding carboxylic acids is 2. The Hall–Kier alpha value is -8.76. The van der Waals surface area contributed by atoms with E-state index in [4.69, 9.17) is 28.4 Å². The fraction of sp³-hybridized carbons (Fsp3) is 0.606. The van der Waals surface area contributed by atoms with E-state index in [0.29, 0.717) is 50.8 Å². The van der Waals surface area contributed by atoms with E-state index in [-0.39, 0.29) is 22.6 Å². The van der Waals surface area contributed by atoms with Gasteiger partial charge in [0.15, 0.2) is 0 Å². The summed E-state index contributed by atoms with van der Waals surface area (Å²) in [5.41, 5.74) is 12.8. The van der Waals surface area contributed by atoms with Gasteiger partial charge in [0.25, 0.3) is 11.8 Å². The Morgan fingerprint density at radius 1 is 0.204 bits per heavy atom. The Labute approximate surface area is 868 Å². The molecule has 10 nitrogen and oxygen atoms in total. The van der Waals surface area contributed by atoms with Gasteiger partial charge in [-0.25, -0.2) is 0 Å². The maximum atomic E-state index is 13.6. The van der Waals surface area contributed by atoms with E-state index in [0.717, 1.165) is 167 Å². The van der Waals surface area contributed by atoms with Crippen LogP contribution in [0.3, 0.4) is 0 Å². The largest absolute Gasteiger partial charge is 0.493 e. The molecule has 0 radical (unpaired) electrons. The maximum absolute atomic E-state index is 13.6. The van der Waals surface area contributed by atoms with Crippen molar-refractivity contribution in [2.24, 2.45) is 0 Å². The molecule has 7 rings (SSSR count). The zero-order valence-electron chi connectivity index (χ0n) is 92.3. The van der Waals surface area contributed by atoms with Crippen molar-refractivity contribution >= 4 is 71.8 Å². The molecule has 0 saturated heterocycles. The Bertz CT molecular complexity index is 4250. The predicted octanol–water partition coefficient (Wildman–Crippen LogP) is 41.3. The van der Waals surface area contributed by atoms with Crippen LogP contribution in [0.4, 0.5) is 11.4 Å². The van der Waals surface area contributed by atoms with Crippen molar-refractivity contribution < 1.29 is 38.0 Å². The Morgan fingerprint density at radius 3 is 0.521 bits per heavy atom. The number of rotatable bonds is 84. The minimum absolute atomic E-state index is 0.00495. The molecule has 0 spiro atoms. The second-order valence-electron chi connectivity index (χ2n) is 43.1. The first-order valence-corrected chi connectivity index (χ1v) is 58.5. The molecule has 786 valence electrons. The van der Waals surface area contributed by atoms with E-state index in [2.05, 4.69) is 227 Å². The van der Waals surface area contributed by atoms with Gasteiger partial charge in [0.2, 0.25) is 0 Å². The van der Waals surface area contributed by atoms with Gasteiger partial charge in [0, 0.05) is 55.9 Å². The molecule has 7 aromatic carbocycles. The topological polar surface area (TPSA) is 114 Å². The summed E-state index contributed by atoms with van der Waals surface area (Å²) in [6.07, 6.45) is 92.3. The van der Waals surface area contributed by atoms with Crippen LogP contribution in [-0.2, 0) is 10.8 Å². The standard InChI is InChI=1S/C132H200N2O8/c1-13-19-25-31-37-43-49-55-61-67-97-137-123-105-115(125(139-99-69-63-57-51-45-39-33-27-21-15-3)103-113(123)79-73-109-75-93-121(94-76-109)133-129(135)111-85-89-119(90-86-111)131(7,8)9)81-83-117-107-128(142-102-72-66-60-54-48-42-36-30-24-18-6)118(108-127(117)141-101-71-65-59-53-47-41-35-29-23-17-5)84-82-116-106-124(138-98-68-62-56-50-44-38-32-26-20-14-2)114(104-126(116)140-100-70-64-58-52-46-40-34-28-22-16-4)80-74-110-77-95-122(96-78-110)134-130(136)112-87-91-120(92-88-112)132(10,11)12/h73-96,103-108H,13-72,97-102H2,1-12H3,(H,133,135)(H,134,136)/b79-73+,80-74+,83-81+,84-82+. The number of hydrogen-bond donors (Lipinski definition) is 2. The van der Waals surface area contributed by atoms with Crippen molar-refractivity contribution in [3.05, 3.63) is 200 Å². The van der Waals surface area contributed by atoms with Gasteiger partial charge >= 0.3 is 0 Å². The Kier molecular flexibility index (Phi) is 64.2. The molecule has 0 bridgehead atoms. The van der Waals surface area contributed by atoms with E-state index in [1.54, 1.807) is 0 Å². The van der Waals surface area contributed by atoms with Crippen molar-refractivity contribution in [2.45, 2.75) is 479 Å². The second kappa shape index (κ2) is 75.9. The number of benzene rings is 7. The monoisotopic (exact) mass is 1940 g/mol. The fourth-order valence-electron chi connectivity index (χ4n) is 18.7. The molecule has 0 fully saturated rings. The van der Waals surface area contributed by atoms with Gasteiger partial charge in [-0.1, -0.05) is 527 Å². The molecular formula is C132H200N2O8. The Balaban J connectivity index is 1.34. The molecule has 0 aliphatic carbocycles. The van der Waals surface area contributed by atoms with Crippen LogP contribution in [0.15, 0.2) is 133 Å². The van der Waals surface area contributed by atoms with Crippen molar-refractivity contribution in [3.63, 3.8) is 0 Å². The maximum Gasteiger partial charge on any atom is 0.255 e. The zero-order valence-corrected chi connectivity index (χ0v) is 92.3. The molecule has 10 heteroatoms. The van der Waals surface area contributed by atoms with Crippen molar-refractivity contribution in [1.29, 1.82) is 0 Å². The van der Waals surface area contributed by atoms with Gasteiger partial charge in [-0.15, -0.1) is 0 Å². The smallest absolute Gasteiger partial charge is 0.255 e. The molecular weight excluding hydrogens is 1740 g/mol. The third-order valence-corrected chi connectivity index (χ3v) is 28.1. The molecule has 0 aromatic heterocycles. The number of unbranched alkanes of at least 4 members (excludes halogenated alkanes) is 54. The van der Waals surface area contributed by atoms with Crippen molar-refractivity contribution in [1.82, 2.24) is 0 Å². The SMILES string of the molecule is CCCCCCCCCCCCOc1cc(/C=C/c2cc(OCCCCCCCCCCCC)c(/C=C/c3cc(OCCCCCCCCCCCC)c(/C=C/c4ccc(NC(=O)c5ccc(C(C)(C)C)cc5)cc4)cc3OCCCCCCCCCCCC)cc2OCCCCCCCCCCCC)c(OCCCCCCCCCCCC)cc1/C=C/c1ccc(NC(=O)c2ccc(C(C)(C)C)cc2)cc1. The number of hydrogen-bond acceptors (Lipinski definition) is 8. The fourth-order valence-corrected chi connectivity index (χ4v) is 18.7. The quantitative estimate of drug-likeness (QED) is 0.0286. The third kappa shape index (κ3) is 52.8. The predicted molar refractivity (Wildman–Crippen MR) is 618 cm³/mol. The normalized spacial score (nSPS) is 11.9. The number of ether oxygens (including phenoxy) is 6.